The Balaban J connectivity index is 1.30. The Kier molecular flexibility index (Phi) is 6.48. The maximum atomic E-state index is 13.9. The zero-order chi connectivity index (χ0) is 26.4. The maximum absolute atomic E-state index is 13.9. The molecular formula is C26H29N7O4S. The summed E-state index contributed by atoms with van der Waals surface area (Å²) < 4.78 is 5.42. The van der Waals surface area contributed by atoms with Crippen LogP contribution in [-0.4, -0.2) is 102 Å². The van der Waals surface area contributed by atoms with E-state index in [-0.39, 0.29) is 11.7 Å². The van der Waals surface area contributed by atoms with Gasteiger partial charge >= 0.3 is 6.03 Å². The molecule has 198 valence electrons. The summed E-state index contributed by atoms with van der Waals surface area (Å²) in [7, 11) is 0. The number of piperazine rings is 1. The molecule has 2 saturated heterocycles. The number of fused-ring (bicyclic) bond motifs is 3. The first kappa shape index (κ1) is 24.7. The van der Waals surface area contributed by atoms with Crippen LogP contribution in [0.2, 0.25) is 0 Å². The maximum Gasteiger partial charge on any atom is 0.334 e. The van der Waals surface area contributed by atoms with Gasteiger partial charge in [0, 0.05) is 44.8 Å². The van der Waals surface area contributed by atoms with Gasteiger partial charge in [-0.3, -0.25) is 14.7 Å². The smallest absolute Gasteiger partial charge is 0.334 e. The number of likely N-dealkylation sites (N-methyl/N-ethyl adjacent to an activating group) is 1. The van der Waals surface area contributed by atoms with Gasteiger partial charge in [-0.15, -0.1) is 11.3 Å². The molecule has 0 unspecified atom stereocenters. The van der Waals surface area contributed by atoms with Crippen molar-refractivity contribution in [3.8, 4) is 21.8 Å². The van der Waals surface area contributed by atoms with Crippen molar-refractivity contribution in [2.75, 3.05) is 64.0 Å². The molecule has 12 heteroatoms. The van der Waals surface area contributed by atoms with Crippen LogP contribution in [0.25, 0.3) is 21.8 Å². The van der Waals surface area contributed by atoms with Crippen molar-refractivity contribution in [1.82, 2.24) is 25.0 Å². The first-order chi connectivity index (χ1) is 18.5. The molecule has 3 aliphatic rings. The molecule has 0 spiro atoms. The van der Waals surface area contributed by atoms with Crippen molar-refractivity contribution < 1.29 is 19.1 Å². The van der Waals surface area contributed by atoms with Gasteiger partial charge in [-0.1, -0.05) is 19.1 Å². The molecule has 1 aliphatic carbocycles. The van der Waals surface area contributed by atoms with Gasteiger partial charge in [0.25, 0.3) is 5.91 Å². The number of ketones is 1. The van der Waals surface area contributed by atoms with Crippen molar-refractivity contribution in [3.05, 3.63) is 46.3 Å². The topological polar surface area (TPSA) is 128 Å². The number of morpholine rings is 1. The second-order valence-electron chi connectivity index (χ2n) is 9.46. The van der Waals surface area contributed by atoms with Crippen LogP contribution in [0.15, 0.2) is 30.3 Å². The number of urea groups is 1. The monoisotopic (exact) mass is 535 g/mol. The molecular weight excluding hydrogens is 506 g/mol. The Morgan fingerprint density at radius 1 is 1.08 bits per heavy atom. The fourth-order valence-electron chi connectivity index (χ4n) is 5.39. The normalized spacial score (nSPS) is 17.9. The SMILES string of the molecule is CCN1CCN(C(=O)c2ccc(-c3[nH]nc4c3C(=O)c3c-4cccc3N(C(N)=O)N3CCOCC3)s2)CC1. The van der Waals surface area contributed by atoms with E-state index in [2.05, 4.69) is 22.0 Å². The van der Waals surface area contributed by atoms with Gasteiger partial charge in [-0.25, -0.2) is 14.8 Å². The Morgan fingerprint density at radius 3 is 2.55 bits per heavy atom. The molecule has 3 aromatic rings. The van der Waals surface area contributed by atoms with E-state index in [1.165, 1.54) is 16.3 Å². The molecule has 4 heterocycles. The third-order valence-electron chi connectivity index (χ3n) is 7.40. The van der Waals surface area contributed by atoms with Crippen LogP contribution in [0.4, 0.5) is 10.5 Å². The number of carbonyl (C=O) groups excluding carboxylic acids is 3. The summed E-state index contributed by atoms with van der Waals surface area (Å²) in [4.78, 5) is 45.1. The van der Waals surface area contributed by atoms with E-state index >= 15 is 0 Å². The van der Waals surface area contributed by atoms with Gasteiger partial charge in [0.15, 0.2) is 5.78 Å². The number of aromatic amines is 1. The lowest BCUT2D eigenvalue weighted by atomic mass is 10.1. The number of primary amides is 1. The fourth-order valence-corrected chi connectivity index (χ4v) is 6.36. The number of H-pyrrole nitrogens is 1. The Hall–Kier alpha value is -3.58. The van der Waals surface area contributed by atoms with Crippen molar-refractivity contribution >= 4 is 34.7 Å². The van der Waals surface area contributed by atoms with Gasteiger partial charge in [0.05, 0.1) is 45.5 Å². The van der Waals surface area contributed by atoms with Crippen LogP contribution in [0.5, 0.6) is 0 Å². The highest BCUT2D eigenvalue weighted by Crippen LogP contribution is 2.45. The molecule has 0 radical (unpaired) electrons. The van der Waals surface area contributed by atoms with Gasteiger partial charge in [-0.05, 0) is 24.7 Å². The van der Waals surface area contributed by atoms with E-state index in [4.69, 9.17) is 10.5 Å². The predicted octanol–water partition coefficient (Wildman–Crippen LogP) is 2.26. The zero-order valence-corrected chi connectivity index (χ0v) is 21.9. The van der Waals surface area contributed by atoms with Crippen LogP contribution in [0.1, 0.15) is 32.5 Å². The van der Waals surface area contributed by atoms with E-state index in [1.54, 1.807) is 17.1 Å². The number of nitrogens with zero attached hydrogens (tertiary/aromatic N) is 5. The lowest BCUT2D eigenvalue weighted by Crippen LogP contribution is -2.54. The molecule has 0 bridgehead atoms. The molecule has 3 amide bonds. The lowest BCUT2D eigenvalue weighted by molar-refractivity contribution is 0.0364. The number of ether oxygens (including phenoxy) is 1. The molecule has 6 rings (SSSR count). The number of nitrogens with two attached hydrogens (primary N) is 1. The van der Waals surface area contributed by atoms with Crippen molar-refractivity contribution in [2.24, 2.45) is 5.73 Å². The third kappa shape index (κ3) is 4.09. The quantitative estimate of drug-likeness (QED) is 0.401. The summed E-state index contributed by atoms with van der Waals surface area (Å²) in [6, 6.07) is 8.35. The number of amides is 3. The molecule has 2 aromatic heterocycles. The van der Waals surface area contributed by atoms with Gasteiger partial charge < -0.3 is 20.3 Å². The molecule has 11 nitrogen and oxygen atoms in total. The van der Waals surface area contributed by atoms with Crippen LogP contribution in [0, 0.1) is 0 Å². The molecule has 0 saturated carbocycles. The summed E-state index contributed by atoms with van der Waals surface area (Å²) in [6.45, 7) is 8.16. The number of nitrogens with one attached hydrogen (secondary N) is 1. The average Bonchev–Trinajstić information content (AvgIpc) is 3.66. The number of carbonyl (C=O) groups is 3. The number of rotatable bonds is 5. The number of thiophene rings is 1. The average molecular weight is 536 g/mol. The number of hydrogen-bond donors (Lipinski definition) is 2. The van der Waals surface area contributed by atoms with E-state index in [0.717, 1.165) is 24.5 Å². The van der Waals surface area contributed by atoms with Crippen molar-refractivity contribution in [2.45, 2.75) is 6.92 Å². The zero-order valence-electron chi connectivity index (χ0n) is 21.1. The van der Waals surface area contributed by atoms with Gasteiger partial charge in [-0.2, -0.15) is 5.10 Å². The highest BCUT2D eigenvalue weighted by atomic mass is 32.1. The lowest BCUT2D eigenvalue weighted by Gasteiger charge is -2.36. The number of benzene rings is 1. The highest BCUT2D eigenvalue weighted by Gasteiger charge is 2.38. The standard InChI is InChI=1S/C26H29N7O4S/c1-2-30-8-10-31(11-9-30)25(35)19-7-6-18(38-19)23-21-22(28-29-23)16-4-3-5-17(20(16)24(21)34)33(26(27)36)32-12-14-37-15-13-32/h3-7H,2,8-15H2,1H3,(H2,27,36)(H,28,29). The number of anilines is 1. The molecule has 1 aromatic carbocycles. The third-order valence-corrected chi connectivity index (χ3v) is 8.49. The van der Waals surface area contributed by atoms with Crippen LogP contribution in [-0.2, 0) is 4.74 Å². The summed E-state index contributed by atoms with van der Waals surface area (Å²) >= 11 is 1.35. The molecule has 2 aliphatic heterocycles. The predicted molar refractivity (Wildman–Crippen MR) is 143 cm³/mol. The molecule has 0 atom stereocenters. The second kappa shape index (κ2) is 9.95. The fraction of sp³-hybridized carbons (Fsp3) is 0.385. The van der Waals surface area contributed by atoms with Crippen LogP contribution >= 0.6 is 11.3 Å². The summed E-state index contributed by atoms with van der Waals surface area (Å²) in [5.74, 6) is -0.224. The highest BCUT2D eigenvalue weighted by molar-refractivity contribution is 7.17. The largest absolute Gasteiger partial charge is 0.379 e. The van der Waals surface area contributed by atoms with Crippen LogP contribution < -0.4 is 10.7 Å². The summed E-state index contributed by atoms with van der Waals surface area (Å²) in [6.07, 6.45) is 0. The summed E-state index contributed by atoms with van der Waals surface area (Å²) in [5, 5.41) is 10.7. The number of hydrogen-bond acceptors (Lipinski definition) is 8. The van der Waals surface area contributed by atoms with E-state index in [9.17, 15) is 14.4 Å². The van der Waals surface area contributed by atoms with Gasteiger partial charge in [0.2, 0.25) is 0 Å². The van der Waals surface area contributed by atoms with Gasteiger partial charge in [0.1, 0.15) is 5.69 Å². The van der Waals surface area contributed by atoms with Crippen molar-refractivity contribution in [3.63, 3.8) is 0 Å². The van der Waals surface area contributed by atoms with E-state index in [0.29, 0.717) is 78.0 Å². The van der Waals surface area contributed by atoms with Crippen LogP contribution in [0.3, 0.4) is 0 Å². The Bertz CT molecular complexity index is 1400. The number of aromatic nitrogens is 2. The van der Waals surface area contributed by atoms with Crippen molar-refractivity contribution in [1.29, 1.82) is 0 Å². The minimum absolute atomic E-state index is 0.00711. The molecule has 2 fully saturated rings. The minimum atomic E-state index is -0.666. The molecule has 38 heavy (non-hydrogen) atoms. The molecule has 3 N–H and O–H groups in total. The second-order valence-corrected chi connectivity index (χ2v) is 10.5. The minimum Gasteiger partial charge on any atom is -0.379 e. The summed E-state index contributed by atoms with van der Waals surface area (Å²) in [5.41, 5.74) is 8.80. The Labute approximate surface area is 223 Å². The first-order valence-corrected chi connectivity index (χ1v) is 13.6. The number of hydrazine groups is 1. The Morgan fingerprint density at radius 2 is 1.84 bits per heavy atom. The van der Waals surface area contributed by atoms with E-state index in [1.807, 2.05) is 23.1 Å². The van der Waals surface area contributed by atoms with E-state index < -0.39 is 6.03 Å². The first-order valence-electron chi connectivity index (χ1n) is 12.8.